The van der Waals surface area contributed by atoms with Gasteiger partial charge in [0.2, 0.25) is 6.41 Å². The highest BCUT2D eigenvalue weighted by molar-refractivity contribution is 5.74. The lowest BCUT2D eigenvalue weighted by Crippen LogP contribution is -2.26. The molecule has 13 heavy (non-hydrogen) atoms. The fourth-order valence-electron chi connectivity index (χ4n) is 0.803. The zero-order valence-electron chi connectivity index (χ0n) is 7.79. The second-order valence-corrected chi connectivity index (χ2v) is 2.67. The van der Waals surface area contributed by atoms with Crippen molar-refractivity contribution in [3.05, 3.63) is 12.7 Å². The van der Waals surface area contributed by atoms with Gasteiger partial charge >= 0.3 is 5.97 Å². The molecule has 1 atom stereocenters. The molecule has 0 aliphatic rings. The number of carbonyl (C=O) groups excluding carboxylic acids is 2. The van der Waals surface area contributed by atoms with Crippen LogP contribution in [0.3, 0.4) is 0 Å². The Hall–Kier alpha value is -1.32. The topological polar surface area (TPSA) is 55.4 Å². The second-order valence-electron chi connectivity index (χ2n) is 2.67. The van der Waals surface area contributed by atoms with Crippen molar-refractivity contribution in [3.63, 3.8) is 0 Å². The molecule has 0 aliphatic carbocycles. The number of nitrogens with one attached hydrogen (secondary N) is 1. The van der Waals surface area contributed by atoms with Crippen molar-refractivity contribution in [2.75, 3.05) is 6.54 Å². The normalized spacial score (nSPS) is 11.5. The van der Waals surface area contributed by atoms with Gasteiger partial charge in [-0.1, -0.05) is 6.08 Å². The standard InChI is InChI=1S/C9H15NO3/c1-3-4-5-8(2)13-9(12)6-10-7-11/h3,7-8H,1,4-6H2,2H3,(H,10,11). The summed E-state index contributed by atoms with van der Waals surface area (Å²) >= 11 is 0. The van der Waals surface area contributed by atoms with Gasteiger partial charge in [0.15, 0.2) is 0 Å². The molecule has 4 heteroatoms. The Kier molecular flexibility index (Phi) is 6.59. The Labute approximate surface area is 78.0 Å². The Bertz CT molecular complexity index is 180. The summed E-state index contributed by atoms with van der Waals surface area (Å²) < 4.78 is 4.95. The third-order valence-electron chi connectivity index (χ3n) is 1.44. The first-order valence-corrected chi connectivity index (χ1v) is 4.18. The van der Waals surface area contributed by atoms with Gasteiger partial charge in [0.05, 0.1) is 6.10 Å². The number of rotatable bonds is 7. The zero-order valence-corrected chi connectivity index (χ0v) is 7.79. The maximum absolute atomic E-state index is 10.9. The molecule has 0 saturated carbocycles. The van der Waals surface area contributed by atoms with Gasteiger partial charge in [-0.3, -0.25) is 9.59 Å². The molecule has 0 bridgehead atoms. The number of carbonyl (C=O) groups is 2. The molecule has 74 valence electrons. The molecule has 0 radical (unpaired) electrons. The lowest BCUT2D eigenvalue weighted by atomic mass is 10.2. The molecule has 4 nitrogen and oxygen atoms in total. The van der Waals surface area contributed by atoms with Gasteiger partial charge in [0.25, 0.3) is 0 Å². The number of amides is 1. The van der Waals surface area contributed by atoms with Crippen molar-refractivity contribution in [1.82, 2.24) is 5.32 Å². The minimum Gasteiger partial charge on any atom is -0.461 e. The predicted octanol–water partition coefficient (Wildman–Crippen LogP) is 0.630. The van der Waals surface area contributed by atoms with E-state index in [2.05, 4.69) is 11.9 Å². The Balaban J connectivity index is 3.51. The summed E-state index contributed by atoms with van der Waals surface area (Å²) in [4.78, 5) is 20.7. The van der Waals surface area contributed by atoms with Gasteiger partial charge in [0, 0.05) is 0 Å². The van der Waals surface area contributed by atoms with Crippen molar-refractivity contribution in [3.8, 4) is 0 Å². The molecule has 0 heterocycles. The minimum absolute atomic E-state index is 0.0675. The molecule has 1 N–H and O–H groups in total. The summed E-state index contributed by atoms with van der Waals surface area (Å²) in [6.07, 6.45) is 3.69. The summed E-state index contributed by atoms with van der Waals surface area (Å²) in [6.45, 7) is 5.30. The SMILES string of the molecule is C=CCCC(C)OC(=O)CNC=O. The molecule has 0 aromatic heterocycles. The molecular weight excluding hydrogens is 170 g/mol. The first-order valence-electron chi connectivity index (χ1n) is 4.18. The summed E-state index contributed by atoms with van der Waals surface area (Å²) in [5.74, 6) is -0.413. The highest BCUT2D eigenvalue weighted by Gasteiger charge is 2.07. The van der Waals surface area contributed by atoms with Crippen molar-refractivity contribution >= 4 is 12.4 Å². The smallest absolute Gasteiger partial charge is 0.325 e. The van der Waals surface area contributed by atoms with E-state index in [1.165, 1.54) is 0 Å². The number of esters is 1. The third kappa shape index (κ3) is 7.05. The highest BCUT2D eigenvalue weighted by Crippen LogP contribution is 2.01. The van der Waals surface area contributed by atoms with Crippen LogP contribution in [-0.2, 0) is 14.3 Å². The van der Waals surface area contributed by atoms with E-state index in [0.717, 1.165) is 12.8 Å². The van der Waals surface area contributed by atoms with E-state index in [4.69, 9.17) is 4.74 Å². The molecule has 0 fully saturated rings. The maximum atomic E-state index is 10.9. The molecule has 0 aliphatic heterocycles. The molecule has 0 aromatic carbocycles. The summed E-state index contributed by atoms with van der Waals surface area (Å²) in [6, 6.07) is 0. The van der Waals surface area contributed by atoms with Crippen LogP contribution in [0.4, 0.5) is 0 Å². The average Bonchev–Trinajstić information content (AvgIpc) is 2.11. The summed E-state index contributed by atoms with van der Waals surface area (Å²) in [5, 5.41) is 2.23. The predicted molar refractivity (Wildman–Crippen MR) is 49.1 cm³/mol. The first kappa shape index (κ1) is 11.7. The monoisotopic (exact) mass is 185 g/mol. The summed E-state index contributed by atoms with van der Waals surface area (Å²) in [5.41, 5.74) is 0. The Morgan fingerprint density at radius 2 is 2.38 bits per heavy atom. The van der Waals surface area contributed by atoms with Crippen molar-refractivity contribution in [2.45, 2.75) is 25.9 Å². The van der Waals surface area contributed by atoms with E-state index >= 15 is 0 Å². The van der Waals surface area contributed by atoms with E-state index in [1.54, 1.807) is 6.08 Å². The Morgan fingerprint density at radius 1 is 1.69 bits per heavy atom. The van der Waals surface area contributed by atoms with E-state index in [9.17, 15) is 9.59 Å². The van der Waals surface area contributed by atoms with Gasteiger partial charge in [-0.15, -0.1) is 6.58 Å². The number of ether oxygens (including phenoxy) is 1. The molecular formula is C9H15NO3. The quantitative estimate of drug-likeness (QED) is 0.359. The molecule has 1 amide bonds. The second kappa shape index (κ2) is 7.34. The van der Waals surface area contributed by atoms with Crippen LogP contribution in [0.15, 0.2) is 12.7 Å². The van der Waals surface area contributed by atoms with E-state index in [0.29, 0.717) is 6.41 Å². The van der Waals surface area contributed by atoms with Gasteiger partial charge < -0.3 is 10.1 Å². The average molecular weight is 185 g/mol. The molecule has 0 saturated heterocycles. The van der Waals surface area contributed by atoms with E-state index in [-0.39, 0.29) is 12.6 Å². The van der Waals surface area contributed by atoms with Crippen LogP contribution in [0, 0.1) is 0 Å². The Morgan fingerprint density at radius 3 is 2.92 bits per heavy atom. The van der Waals surface area contributed by atoms with Gasteiger partial charge in [-0.2, -0.15) is 0 Å². The first-order chi connectivity index (χ1) is 6.20. The van der Waals surface area contributed by atoms with E-state index in [1.807, 2.05) is 6.92 Å². The zero-order chi connectivity index (χ0) is 10.1. The molecule has 0 spiro atoms. The van der Waals surface area contributed by atoms with Crippen LogP contribution in [0.2, 0.25) is 0 Å². The number of hydrogen-bond acceptors (Lipinski definition) is 3. The van der Waals surface area contributed by atoms with Crippen LogP contribution < -0.4 is 5.32 Å². The highest BCUT2D eigenvalue weighted by atomic mass is 16.5. The van der Waals surface area contributed by atoms with Crippen LogP contribution in [0.5, 0.6) is 0 Å². The van der Waals surface area contributed by atoms with Gasteiger partial charge in [-0.25, -0.2) is 0 Å². The molecule has 0 rings (SSSR count). The van der Waals surface area contributed by atoms with Crippen LogP contribution in [0.1, 0.15) is 19.8 Å². The van der Waals surface area contributed by atoms with E-state index < -0.39 is 5.97 Å². The van der Waals surface area contributed by atoms with Crippen molar-refractivity contribution in [1.29, 1.82) is 0 Å². The van der Waals surface area contributed by atoms with Crippen LogP contribution >= 0.6 is 0 Å². The van der Waals surface area contributed by atoms with Crippen LogP contribution in [-0.4, -0.2) is 25.0 Å². The molecule has 0 aromatic rings. The fourth-order valence-corrected chi connectivity index (χ4v) is 0.803. The van der Waals surface area contributed by atoms with Gasteiger partial charge in [0.1, 0.15) is 6.54 Å². The third-order valence-corrected chi connectivity index (χ3v) is 1.44. The van der Waals surface area contributed by atoms with Crippen molar-refractivity contribution in [2.24, 2.45) is 0 Å². The maximum Gasteiger partial charge on any atom is 0.325 e. The number of hydrogen-bond donors (Lipinski definition) is 1. The lowest BCUT2D eigenvalue weighted by Gasteiger charge is -2.11. The lowest BCUT2D eigenvalue weighted by molar-refractivity contribution is -0.147. The fraction of sp³-hybridized carbons (Fsp3) is 0.556. The molecule has 1 unspecified atom stereocenters. The van der Waals surface area contributed by atoms with Crippen molar-refractivity contribution < 1.29 is 14.3 Å². The van der Waals surface area contributed by atoms with Crippen LogP contribution in [0.25, 0.3) is 0 Å². The summed E-state index contributed by atoms with van der Waals surface area (Å²) in [7, 11) is 0. The largest absolute Gasteiger partial charge is 0.461 e. The number of allylic oxidation sites excluding steroid dienone is 1. The van der Waals surface area contributed by atoms with Gasteiger partial charge in [-0.05, 0) is 19.8 Å². The minimum atomic E-state index is -0.413.